The van der Waals surface area contributed by atoms with Gasteiger partial charge in [-0.15, -0.1) is 0 Å². The molecule has 1 aromatic heterocycles. The molecule has 2 fully saturated rings. The molecule has 8 nitrogen and oxygen atoms in total. The number of aliphatic hydroxyl groups excluding tert-OH is 1. The van der Waals surface area contributed by atoms with Gasteiger partial charge in [0.1, 0.15) is 30.1 Å². The van der Waals surface area contributed by atoms with Crippen LogP contribution in [0.15, 0.2) is 47.1 Å². The molecule has 8 heteroatoms. The molecule has 168 valence electrons. The Morgan fingerprint density at radius 3 is 2.52 bits per heavy atom. The van der Waals surface area contributed by atoms with E-state index in [0.717, 1.165) is 0 Å². The van der Waals surface area contributed by atoms with E-state index in [-0.39, 0.29) is 17.9 Å². The lowest BCUT2D eigenvalue weighted by Gasteiger charge is -2.47. The lowest BCUT2D eigenvalue weighted by molar-refractivity contribution is -0.336. The van der Waals surface area contributed by atoms with Crippen LogP contribution in [0.2, 0.25) is 0 Å². The fourth-order valence-corrected chi connectivity index (χ4v) is 3.82. The van der Waals surface area contributed by atoms with E-state index in [2.05, 4.69) is 26.1 Å². The van der Waals surface area contributed by atoms with Crippen molar-refractivity contribution in [3.63, 3.8) is 0 Å². The van der Waals surface area contributed by atoms with Gasteiger partial charge in [0.25, 0.3) is 0 Å². The molecule has 2 aliphatic heterocycles. The molecule has 2 saturated heterocycles. The van der Waals surface area contributed by atoms with Crippen LogP contribution in [-0.2, 0) is 24.4 Å². The molecule has 2 aliphatic rings. The molecule has 0 spiro atoms. The Balaban J connectivity index is 1.51. The maximum atomic E-state index is 11.8. The standard InChI is InChI=1S/C23H29NO7/c1-13(25)24-18-19(26)20-17(12-28-21(31-20)16-6-5-11-27-16)30-22(18)29-15-9-7-14(8-10-15)23(2,3)4/h5-11,17-22,26H,12H2,1-4H3,(H,24,25)/t17-,18-,19+,20+,21+,22+/m1/s1. The summed E-state index contributed by atoms with van der Waals surface area (Å²) in [5.74, 6) is 0.765. The van der Waals surface area contributed by atoms with E-state index >= 15 is 0 Å². The van der Waals surface area contributed by atoms with Crippen LogP contribution in [0.25, 0.3) is 0 Å². The average molecular weight is 431 g/mol. The van der Waals surface area contributed by atoms with E-state index in [9.17, 15) is 9.90 Å². The summed E-state index contributed by atoms with van der Waals surface area (Å²) < 4.78 is 29.1. The number of nitrogens with one attached hydrogen (secondary N) is 1. The van der Waals surface area contributed by atoms with Crippen molar-refractivity contribution in [3.05, 3.63) is 54.0 Å². The fourth-order valence-electron chi connectivity index (χ4n) is 3.82. The third kappa shape index (κ3) is 4.77. The van der Waals surface area contributed by atoms with E-state index < -0.39 is 36.9 Å². The van der Waals surface area contributed by atoms with Gasteiger partial charge in [0.15, 0.2) is 5.76 Å². The highest BCUT2D eigenvalue weighted by Crippen LogP contribution is 2.35. The first kappa shape index (κ1) is 21.8. The maximum absolute atomic E-state index is 11.8. The second kappa shape index (κ2) is 8.63. The first-order valence-corrected chi connectivity index (χ1v) is 10.4. The summed E-state index contributed by atoms with van der Waals surface area (Å²) in [7, 11) is 0. The van der Waals surface area contributed by atoms with Crippen LogP contribution in [0, 0.1) is 0 Å². The number of fused-ring (bicyclic) bond motifs is 1. The van der Waals surface area contributed by atoms with Crippen molar-refractivity contribution in [2.45, 2.75) is 70.0 Å². The molecule has 0 bridgehead atoms. The number of benzene rings is 1. The fraction of sp³-hybridized carbons (Fsp3) is 0.522. The van der Waals surface area contributed by atoms with E-state index in [4.69, 9.17) is 23.4 Å². The highest BCUT2D eigenvalue weighted by Gasteiger charge is 2.51. The highest BCUT2D eigenvalue weighted by atomic mass is 16.8. The minimum absolute atomic E-state index is 0.0172. The number of carbonyl (C=O) groups excluding carboxylic acids is 1. The zero-order valence-corrected chi connectivity index (χ0v) is 18.1. The number of amides is 1. The Labute approximate surface area is 181 Å². The van der Waals surface area contributed by atoms with Gasteiger partial charge in [-0.3, -0.25) is 4.79 Å². The highest BCUT2D eigenvalue weighted by molar-refractivity contribution is 5.73. The Bertz CT molecular complexity index is 874. The van der Waals surface area contributed by atoms with Gasteiger partial charge in [0.2, 0.25) is 18.5 Å². The van der Waals surface area contributed by atoms with Gasteiger partial charge in [-0.1, -0.05) is 32.9 Å². The molecule has 6 atom stereocenters. The van der Waals surface area contributed by atoms with Crippen LogP contribution in [0.3, 0.4) is 0 Å². The zero-order chi connectivity index (χ0) is 22.2. The minimum atomic E-state index is -1.07. The van der Waals surface area contributed by atoms with Gasteiger partial charge in [0, 0.05) is 6.92 Å². The van der Waals surface area contributed by atoms with E-state index in [1.807, 2.05) is 24.3 Å². The topological polar surface area (TPSA) is 99.4 Å². The van der Waals surface area contributed by atoms with Crippen molar-refractivity contribution in [3.8, 4) is 5.75 Å². The number of carbonyl (C=O) groups is 1. The van der Waals surface area contributed by atoms with E-state index in [1.165, 1.54) is 18.8 Å². The Kier molecular flexibility index (Phi) is 6.07. The molecular formula is C23H29NO7. The van der Waals surface area contributed by atoms with Crippen molar-refractivity contribution in [1.29, 1.82) is 0 Å². The Morgan fingerprint density at radius 1 is 1.16 bits per heavy atom. The van der Waals surface area contributed by atoms with Crippen molar-refractivity contribution in [2.75, 3.05) is 6.61 Å². The first-order valence-electron chi connectivity index (χ1n) is 10.4. The Morgan fingerprint density at radius 2 is 1.90 bits per heavy atom. The average Bonchev–Trinajstić information content (AvgIpc) is 3.25. The number of rotatable bonds is 4. The molecule has 0 aliphatic carbocycles. The molecule has 0 radical (unpaired) electrons. The smallest absolute Gasteiger partial charge is 0.223 e. The monoisotopic (exact) mass is 431 g/mol. The lowest BCUT2D eigenvalue weighted by Crippen LogP contribution is -2.67. The van der Waals surface area contributed by atoms with Gasteiger partial charge in [-0.25, -0.2) is 0 Å². The number of hydrogen-bond donors (Lipinski definition) is 2. The molecular weight excluding hydrogens is 402 g/mol. The molecule has 1 aromatic carbocycles. The van der Waals surface area contributed by atoms with Gasteiger partial charge < -0.3 is 33.8 Å². The summed E-state index contributed by atoms with van der Waals surface area (Å²) >= 11 is 0. The Hall–Kier alpha value is -2.39. The van der Waals surface area contributed by atoms with Crippen LogP contribution in [-0.4, -0.2) is 48.3 Å². The first-order chi connectivity index (χ1) is 14.7. The third-order valence-electron chi connectivity index (χ3n) is 5.48. The van der Waals surface area contributed by atoms with Crippen molar-refractivity contribution < 1.29 is 33.3 Å². The summed E-state index contributed by atoms with van der Waals surface area (Å²) in [5, 5.41) is 13.8. The molecule has 1 amide bonds. The lowest BCUT2D eigenvalue weighted by atomic mass is 9.87. The minimum Gasteiger partial charge on any atom is -0.464 e. The SMILES string of the molecule is CC(=O)N[C@H]1[C@@H](Oc2ccc(C(C)(C)C)cc2)O[C@@H]2CO[C@H](c3ccco3)O[C@@H]2[C@H]1O. The van der Waals surface area contributed by atoms with Crippen LogP contribution >= 0.6 is 0 Å². The molecule has 2 aromatic rings. The molecule has 4 rings (SSSR count). The summed E-state index contributed by atoms with van der Waals surface area (Å²) in [5.41, 5.74) is 1.18. The number of furan rings is 1. The molecule has 3 heterocycles. The second-order valence-electron chi connectivity index (χ2n) is 8.93. The predicted octanol–water partition coefficient (Wildman–Crippen LogP) is 2.66. The van der Waals surface area contributed by atoms with Gasteiger partial charge in [0.05, 0.1) is 12.9 Å². The van der Waals surface area contributed by atoms with Crippen LogP contribution in [0.4, 0.5) is 0 Å². The zero-order valence-electron chi connectivity index (χ0n) is 18.1. The van der Waals surface area contributed by atoms with Crippen molar-refractivity contribution >= 4 is 5.91 Å². The normalized spacial score (nSPS) is 31.0. The molecule has 31 heavy (non-hydrogen) atoms. The summed E-state index contributed by atoms with van der Waals surface area (Å²) in [6.07, 6.45) is -2.49. The van der Waals surface area contributed by atoms with Crippen LogP contribution in [0.5, 0.6) is 5.75 Å². The largest absolute Gasteiger partial charge is 0.464 e. The second-order valence-corrected chi connectivity index (χ2v) is 8.93. The van der Waals surface area contributed by atoms with E-state index in [0.29, 0.717) is 11.5 Å². The van der Waals surface area contributed by atoms with Crippen LogP contribution in [0.1, 0.15) is 45.3 Å². The van der Waals surface area contributed by atoms with Crippen molar-refractivity contribution in [1.82, 2.24) is 5.32 Å². The van der Waals surface area contributed by atoms with Crippen molar-refractivity contribution in [2.24, 2.45) is 0 Å². The third-order valence-corrected chi connectivity index (χ3v) is 5.48. The van der Waals surface area contributed by atoms with E-state index in [1.54, 1.807) is 12.1 Å². The number of ether oxygens (including phenoxy) is 4. The molecule has 2 N–H and O–H groups in total. The predicted molar refractivity (Wildman–Crippen MR) is 110 cm³/mol. The molecule has 0 unspecified atom stereocenters. The van der Waals surface area contributed by atoms with Gasteiger partial charge in [-0.05, 0) is 35.2 Å². The number of aliphatic hydroxyl groups is 1. The molecule has 0 saturated carbocycles. The van der Waals surface area contributed by atoms with Gasteiger partial charge >= 0.3 is 0 Å². The summed E-state index contributed by atoms with van der Waals surface area (Å²) in [4.78, 5) is 11.8. The van der Waals surface area contributed by atoms with Crippen LogP contribution < -0.4 is 10.1 Å². The summed E-state index contributed by atoms with van der Waals surface area (Å²) in [6.45, 7) is 7.97. The number of hydrogen-bond acceptors (Lipinski definition) is 7. The quantitative estimate of drug-likeness (QED) is 0.768. The maximum Gasteiger partial charge on any atom is 0.223 e. The summed E-state index contributed by atoms with van der Waals surface area (Å²) in [6, 6.07) is 10.3. The van der Waals surface area contributed by atoms with Gasteiger partial charge in [-0.2, -0.15) is 0 Å².